The van der Waals surface area contributed by atoms with Crippen LogP contribution < -0.4 is 5.32 Å². The van der Waals surface area contributed by atoms with Gasteiger partial charge in [0, 0.05) is 23.7 Å². The molecule has 1 atom stereocenters. The van der Waals surface area contributed by atoms with Gasteiger partial charge in [-0.2, -0.15) is 0 Å². The lowest BCUT2D eigenvalue weighted by molar-refractivity contribution is 0.479. The number of nitrogens with one attached hydrogen (secondary N) is 1. The van der Waals surface area contributed by atoms with Gasteiger partial charge in [0.1, 0.15) is 5.01 Å². The fraction of sp³-hybridized carbons (Fsp3) is 0.700. The molecule has 0 aromatic carbocycles. The van der Waals surface area contributed by atoms with Crippen LogP contribution in [0.1, 0.15) is 23.5 Å². The SMILES string of the molecule is Cc1csc(CNC2CCCS(=O)(=O)C2)n1. The fourth-order valence-corrected chi connectivity index (χ4v) is 4.29. The Labute approximate surface area is 100 Å². The van der Waals surface area contributed by atoms with Crippen LogP contribution in [-0.4, -0.2) is 30.9 Å². The number of aryl methyl sites for hydroxylation is 1. The van der Waals surface area contributed by atoms with Crippen LogP contribution in [0.5, 0.6) is 0 Å². The van der Waals surface area contributed by atoms with Crippen molar-refractivity contribution in [2.45, 2.75) is 32.4 Å². The van der Waals surface area contributed by atoms with E-state index < -0.39 is 9.84 Å². The largest absolute Gasteiger partial charge is 0.307 e. The normalized spacial score (nSPS) is 24.4. The Morgan fingerprint density at radius 1 is 1.62 bits per heavy atom. The second-order valence-corrected chi connectivity index (χ2v) is 7.39. The average Bonchev–Trinajstić information content (AvgIpc) is 2.60. The molecule has 1 fully saturated rings. The lowest BCUT2D eigenvalue weighted by Crippen LogP contribution is -2.39. The number of rotatable bonds is 3. The molecule has 6 heteroatoms. The van der Waals surface area contributed by atoms with E-state index in [0.29, 0.717) is 12.3 Å². The van der Waals surface area contributed by atoms with Gasteiger partial charge in [-0.1, -0.05) is 0 Å². The minimum atomic E-state index is -2.81. The van der Waals surface area contributed by atoms with Crippen LogP contribution in [0.2, 0.25) is 0 Å². The van der Waals surface area contributed by atoms with Crippen LogP contribution in [0, 0.1) is 6.92 Å². The summed E-state index contributed by atoms with van der Waals surface area (Å²) in [6, 6.07) is 0.1000. The van der Waals surface area contributed by atoms with Gasteiger partial charge in [-0.05, 0) is 19.8 Å². The van der Waals surface area contributed by atoms with E-state index >= 15 is 0 Å². The zero-order valence-corrected chi connectivity index (χ0v) is 10.9. The van der Waals surface area contributed by atoms with E-state index in [1.54, 1.807) is 11.3 Å². The highest BCUT2D eigenvalue weighted by atomic mass is 32.2. The van der Waals surface area contributed by atoms with E-state index in [9.17, 15) is 8.42 Å². The summed E-state index contributed by atoms with van der Waals surface area (Å²) < 4.78 is 22.8. The van der Waals surface area contributed by atoms with E-state index in [-0.39, 0.29) is 11.8 Å². The zero-order chi connectivity index (χ0) is 11.6. The Morgan fingerprint density at radius 3 is 3.06 bits per heavy atom. The van der Waals surface area contributed by atoms with Crippen LogP contribution in [0.25, 0.3) is 0 Å². The maximum atomic E-state index is 11.4. The van der Waals surface area contributed by atoms with Gasteiger partial charge < -0.3 is 5.32 Å². The predicted octanol–water partition coefficient (Wildman–Crippen LogP) is 1.12. The maximum absolute atomic E-state index is 11.4. The monoisotopic (exact) mass is 260 g/mol. The molecule has 0 aliphatic carbocycles. The van der Waals surface area contributed by atoms with Crippen molar-refractivity contribution in [3.63, 3.8) is 0 Å². The first kappa shape index (κ1) is 12.0. The summed E-state index contributed by atoms with van der Waals surface area (Å²) in [6.45, 7) is 2.64. The van der Waals surface area contributed by atoms with Gasteiger partial charge in [0.25, 0.3) is 0 Å². The molecule has 1 aromatic heterocycles. The van der Waals surface area contributed by atoms with Crippen LogP contribution in [0.4, 0.5) is 0 Å². The summed E-state index contributed by atoms with van der Waals surface area (Å²) in [4.78, 5) is 4.34. The number of thiazole rings is 1. The highest BCUT2D eigenvalue weighted by Crippen LogP contribution is 2.14. The number of sulfone groups is 1. The molecule has 16 heavy (non-hydrogen) atoms. The number of hydrogen-bond acceptors (Lipinski definition) is 5. The van der Waals surface area contributed by atoms with Gasteiger partial charge in [0.15, 0.2) is 9.84 Å². The second kappa shape index (κ2) is 4.81. The third-order valence-electron chi connectivity index (χ3n) is 2.67. The molecular formula is C10H16N2O2S2. The van der Waals surface area contributed by atoms with Gasteiger partial charge >= 0.3 is 0 Å². The molecule has 1 saturated heterocycles. The van der Waals surface area contributed by atoms with Crippen molar-refractivity contribution in [2.75, 3.05) is 11.5 Å². The lowest BCUT2D eigenvalue weighted by Gasteiger charge is -2.22. The Balaban J connectivity index is 1.86. The number of aromatic nitrogens is 1. The first-order valence-electron chi connectivity index (χ1n) is 5.40. The molecule has 1 aliphatic rings. The van der Waals surface area contributed by atoms with Gasteiger partial charge in [-0.25, -0.2) is 13.4 Å². The quantitative estimate of drug-likeness (QED) is 0.884. The Bertz CT molecular complexity index is 453. The summed E-state index contributed by atoms with van der Waals surface area (Å²) in [5, 5.41) is 6.31. The summed E-state index contributed by atoms with van der Waals surface area (Å²) in [5.74, 6) is 0.624. The first-order chi connectivity index (χ1) is 7.55. The molecule has 90 valence electrons. The molecule has 4 nitrogen and oxygen atoms in total. The van der Waals surface area contributed by atoms with E-state index in [2.05, 4.69) is 10.3 Å². The molecule has 2 heterocycles. The smallest absolute Gasteiger partial charge is 0.151 e. The molecule has 0 radical (unpaired) electrons. The van der Waals surface area contributed by atoms with Crippen LogP contribution in [0.3, 0.4) is 0 Å². The molecule has 1 unspecified atom stereocenters. The lowest BCUT2D eigenvalue weighted by atomic mass is 10.2. The van der Waals surface area contributed by atoms with E-state index in [1.165, 1.54) is 0 Å². The van der Waals surface area contributed by atoms with Crippen molar-refractivity contribution in [1.82, 2.24) is 10.3 Å². The molecule has 0 amide bonds. The van der Waals surface area contributed by atoms with Crippen LogP contribution >= 0.6 is 11.3 Å². The average molecular weight is 260 g/mol. The molecule has 0 spiro atoms. The van der Waals surface area contributed by atoms with Crippen molar-refractivity contribution >= 4 is 21.2 Å². The Hall–Kier alpha value is -0.460. The molecule has 1 aromatic rings. The Morgan fingerprint density at radius 2 is 2.44 bits per heavy atom. The standard InChI is InChI=1S/C10H16N2O2S2/c1-8-6-15-10(12-8)5-11-9-3-2-4-16(13,14)7-9/h6,9,11H,2-5,7H2,1H3. The van der Waals surface area contributed by atoms with Crippen molar-refractivity contribution in [1.29, 1.82) is 0 Å². The maximum Gasteiger partial charge on any atom is 0.151 e. The van der Waals surface area contributed by atoms with Gasteiger partial charge in [0.2, 0.25) is 0 Å². The van der Waals surface area contributed by atoms with E-state index in [1.807, 2.05) is 12.3 Å². The molecular weight excluding hydrogens is 244 g/mol. The molecule has 0 saturated carbocycles. The summed E-state index contributed by atoms with van der Waals surface area (Å²) in [7, 11) is -2.81. The van der Waals surface area contributed by atoms with Gasteiger partial charge in [-0.3, -0.25) is 0 Å². The second-order valence-electron chi connectivity index (χ2n) is 4.22. The van der Waals surface area contributed by atoms with Crippen molar-refractivity contribution in [2.24, 2.45) is 0 Å². The van der Waals surface area contributed by atoms with Gasteiger partial charge in [0.05, 0.1) is 11.5 Å². The topological polar surface area (TPSA) is 59.1 Å². The van der Waals surface area contributed by atoms with E-state index in [0.717, 1.165) is 23.5 Å². The minimum absolute atomic E-state index is 0.1000. The molecule has 1 N–H and O–H groups in total. The zero-order valence-electron chi connectivity index (χ0n) is 9.27. The van der Waals surface area contributed by atoms with Crippen LogP contribution in [0.15, 0.2) is 5.38 Å². The third-order valence-corrected chi connectivity index (χ3v) is 5.46. The van der Waals surface area contributed by atoms with Crippen molar-refractivity contribution < 1.29 is 8.42 Å². The minimum Gasteiger partial charge on any atom is -0.307 e. The molecule has 2 rings (SSSR count). The number of nitrogens with zero attached hydrogens (tertiary/aromatic N) is 1. The summed E-state index contributed by atoms with van der Waals surface area (Å²) in [6.07, 6.45) is 1.72. The molecule has 0 bridgehead atoms. The van der Waals surface area contributed by atoms with Crippen LogP contribution in [-0.2, 0) is 16.4 Å². The summed E-state index contributed by atoms with van der Waals surface area (Å²) >= 11 is 1.61. The summed E-state index contributed by atoms with van der Waals surface area (Å²) in [5.41, 5.74) is 1.03. The number of hydrogen-bond donors (Lipinski definition) is 1. The first-order valence-corrected chi connectivity index (χ1v) is 8.10. The van der Waals surface area contributed by atoms with E-state index in [4.69, 9.17) is 0 Å². The molecule has 1 aliphatic heterocycles. The van der Waals surface area contributed by atoms with Crippen molar-refractivity contribution in [3.8, 4) is 0 Å². The third kappa shape index (κ3) is 3.26. The fourth-order valence-electron chi connectivity index (χ4n) is 1.90. The Kier molecular flexibility index (Phi) is 3.61. The van der Waals surface area contributed by atoms with Gasteiger partial charge in [-0.15, -0.1) is 11.3 Å². The van der Waals surface area contributed by atoms with Crippen molar-refractivity contribution in [3.05, 3.63) is 16.1 Å². The highest BCUT2D eigenvalue weighted by Gasteiger charge is 2.24. The highest BCUT2D eigenvalue weighted by molar-refractivity contribution is 7.91. The predicted molar refractivity (Wildman–Crippen MR) is 65.4 cm³/mol.